The lowest BCUT2D eigenvalue weighted by atomic mass is 9.91. The van der Waals surface area contributed by atoms with Crippen molar-refractivity contribution >= 4 is 29.9 Å². The van der Waals surface area contributed by atoms with Crippen LogP contribution in [0, 0.1) is 0 Å². The van der Waals surface area contributed by atoms with E-state index in [0.717, 1.165) is 31.2 Å². The number of carbonyl (C=O) groups excluding carboxylic acids is 1. The molecule has 0 saturated heterocycles. The number of nitrogens with two attached hydrogens (primary N) is 1. The standard InChI is InChI=1S/C14H19ClN2O.ClH/c15-13-4-2-1-3-10(13)9-14(18)17-12-7-5-11(16)6-8-12;/h1-4,11-12H,5-9,16H2,(H,17,18);1H. The minimum Gasteiger partial charge on any atom is -0.353 e. The average Bonchev–Trinajstić information content (AvgIpc) is 2.35. The van der Waals surface area contributed by atoms with Crippen molar-refractivity contribution in [3.05, 3.63) is 34.9 Å². The lowest BCUT2D eigenvalue weighted by Gasteiger charge is -2.26. The van der Waals surface area contributed by atoms with Crippen molar-refractivity contribution in [2.75, 3.05) is 0 Å². The van der Waals surface area contributed by atoms with E-state index in [0.29, 0.717) is 17.5 Å². The first-order valence-corrected chi connectivity index (χ1v) is 6.81. The molecule has 0 bridgehead atoms. The molecule has 1 aromatic carbocycles. The Hall–Kier alpha value is -0.770. The van der Waals surface area contributed by atoms with Crippen molar-refractivity contribution in [2.45, 2.75) is 44.2 Å². The molecule has 5 heteroatoms. The highest BCUT2D eigenvalue weighted by Crippen LogP contribution is 2.18. The molecular formula is C14H20Cl2N2O. The smallest absolute Gasteiger partial charge is 0.224 e. The number of benzene rings is 1. The third-order valence-electron chi connectivity index (χ3n) is 3.45. The van der Waals surface area contributed by atoms with E-state index in [9.17, 15) is 4.79 Å². The van der Waals surface area contributed by atoms with E-state index in [-0.39, 0.29) is 24.4 Å². The second-order valence-corrected chi connectivity index (χ2v) is 5.35. The highest BCUT2D eigenvalue weighted by molar-refractivity contribution is 6.31. The van der Waals surface area contributed by atoms with Gasteiger partial charge in [0.2, 0.25) is 5.91 Å². The summed E-state index contributed by atoms with van der Waals surface area (Å²) in [7, 11) is 0. The predicted molar refractivity (Wildman–Crippen MR) is 80.8 cm³/mol. The minimum atomic E-state index is 0. The van der Waals surface area contributed by atoms with Crippen molar-refractivity contribution in [1.82, 2.24) is 5.32 Å². The molecule has 106 valence electrons. The van der Waals surface area contributed by atoms with Gasteiger partial charge in [-0.3, -0.25) is 4.79 Å². The molecule has 3 nitrogen and oxygen atoms in total. The number of carbonyl (C=O) groups is 1. The predicted octanol–water partition coefficient (Wildman–Crippen LogP) is 2.69. The van der Waals surface area contributed by atoms with Crippen LogP contribution in [0.3, 0.4) is 0 Å². The van der Waals surface area contributed by atoms with E-state index in [1.54, 1.807) is 0 Å². The zero-order chi connectivity index (χ0) is 13.0. The van der Waals surface area contributed by atoms with Crippen LogP contribution < -0.4 is 11.1 Å². The maximum atomic E-state index is 11.9. The Labute approximate surface area is 125 Å². The van der Waals surface area contributed by atoms with E-state index < -0.39 is 0 Å². The Bertz CT molecular complexity index is 418. The number of hydrogen-bond donors (Lipinski definition) is 2. The number of halogens is 2. The Kier molecular flexibility index (Phi) is 6.63. The quantitative estimate of drug-likeness (QED) is 0.902. The van der Waals surface area contributed by atoms with Crippen molar-refractivity contribution < 1.29 is 4.79 Å². The number of nitrogens with one attached hydrogen (secondary N) is 1. The summed E-state index contributed by atoms with van der Waals surface area (Å²) in [5, 5.41) is 3.71. The molecular weight excluding hydrogens is 283 g/mol. The SMILES string of the molecule is Cl.NC1CCC(NC(=O)Cc2ccccc2Cl)CC1. The van der Waals surface area contributed by atoms with Gasteiger partial charge in [0.15, 0.2) is 0 Å². The van der Waals surface area contributed by atoms with E-state index in [2.05, 4.69) is 5.32 Å². The molecule has 1 amide bonds. The van der Waals surface area contributed by atoms with Gasteiger partial charge in [-0.15, -0.1) is 12.4 Å². The second-order valence-electron chi connectivity index (χ2n) is 4.95. The minimum absolute atomic E-state index is 0. The molecule has 0 atom stereocenters. The molecule has 0 heterocycles. The molecule has 19 heavy (non-hydrogen) atoms. The van der Waals surface area contributed by atoms with Gasteiger partial charge in [-0.1, -0.05) is 29.8 Å². The van der Waals surface area contributed by atoms with Crippen molar-refractivity contribution in [2.24, 2.45) is 5.73 Å². The fourth-order valence-corrected chi connectivity index (χ4v) is 2.56. The van der Waals surface area contributed by atoms with Crippen LogP contribution in [0.1, 0.15) is 31.2 Å². The van der Waals surface area contributed by atoms with Crippen LogP contribution in [0.25, 0.3) is 0 Å². The summed E-state index contributed by atoms with van der Waals surface area (Å²) in [6.45, 7) is 0. The summed E-state index contributed by atoms with van der Waals surface area (Å²) in [4.78, 5) is 11.9. The molecule has 0 spiro atoms. The third-order valence-corrected chi connectivity index (χ3v) is 3.81. The maximum Gasteiger partial charge on any atom is 0.224 e. The van der Waals surface area contributed by atoms with Gasteiger partial charge in [0.25, 0.3) is 0 Å². The van der Waals surface area contributed by atoms with Gasteiger partial charge in [0, 0.05) is 17.1 Å². The molecule has 1 aliphatic rings. The van der Waals surface area contributed by atoms with Crippen LogP contribution >= 0.6 is 24.0 Å². The lowest BCUT2D eigenvalue weighted by Crippen LogP contribution is -2.41. The van der Waals surface area contributed by atoms with Crippen molar-refractivity contribution in [1.29, 1.82) is 0 Å². The lowest BCUT2D eigenvalue weighted by molar-refractivity contribution is -0.121. The van der Waals surface area contributed by atoms with Gasteiger partial charge in [-0.25, -0.2) is 0 Å². The fraction of sp³-hybridized carbons (Fsp3) is 0.500. The summed E-state index contributed by atoms with van der Waals surface area (Å²) >= 11 is 6.03. The summed E-state index contributed by atoms with van der Waals surface area (Å²) in [6.07, 6.45) is 4.31. The number of hydrogen-bond acceptors (Lipinski definition) is 2. The largest absolute Gasteiger partial charge is 0.353 e. The van der Waals surface area contributed by atoms with Gasteiger partial charge >= 0.3 is 0 Å². The Balaban J connectivity index is 0.00000180. The molecule has 1 aliphatic carbocycles. The zero-order valence-corrected chi connectivity index (χ0v) is 12.3. The van der Waals surface area contributed by atoms with E-state index in [4.69, 9.17) is 17.3 Å². The van der Waals surface area contributed by atoms with Gasteiger partial charge in [0.1, 0.15) is 0 Å². The Morgan fingerprint density at radius 1 is 1.26 bits per heavy atom. The van der Waals surface area contributed by atoms with Crippen LogP contribution in [0.2, 0.25) is 5.02 Å². The first-order valence-electron chi connectivity index (χ1n) is 6.43. The van der Waals surface area contributed by atoms with E-state index >= 15 is 0 Å². The van der Waals surface area contributed by atoms with Crippen molar-refractivity contribution in [3.8, 4) is 0 Å². The fourth-order valence-electron chi connectivity index (χ4n) is 2.36. The molecule has 0 radical (unpaired) electrons. The van der Waals surface area contributed by atoms with Crippen LogP contribution in [0.4, 0.5) is 0 Å². The number of amides is 1. The van der Waals surface area contributed by atoms with E-state index in [1.807, 2.05) is 24.3 Å². The molecule has 3 N–H and O–H groups in total. The highest BCUT2D eigenvalue weighted by atomic mass is 35.5. The molecule has 0 aliphatic heterocycles. The first-order chi connectivity index (χ1) is 8.65. The monoisotopic (exact) mass is 302 g/mol. The molecule has 0 unspecified atom stereocenters. The summed E-state index contributed by atoms with van der Waals surface area (Å²) < 4.78 is 0. The molecule has 1 fully saturated rings. The van der Waals surface area contributed by atoms with Crippen LogP contribution in [-0.2, 0) is 11.2 Å². The highest BCUT2D eigenvalue weighted by Gasteiger charge is 2.20. The Morgan fingerprint density at radius 2 is 1.89 bits per heavy atom. The second kappa shape index (κ2) is 7.73. The summed E-state index contributed by atoms with van der Waals surface area (Å²) in [5.41, 5.74) is 6.72. The normalized spacial score (nSPS) is 22.4. The molecule has 2 rings (SSSR count). The third kappa shape index (κ3) is 5.01. The van der Waals surface area contributed by atoms with Gasteiger partial charge < -0.3 is 11.1 Å². The maximum absolute atomic E-state index is 11.9. The van der Waals surface area contributed by atoms with E-state index in [1.165, 1.54) is 0 Å². The number of rotatable bonds is 3. The van der Waals surface area contributed by atoms with Gasteiger partial charge in [-0.05, 0) is 37.3 Å². The zero-order valence-electron chi connectivity index (χ0n) is 10.8. The van der Waals surface area contributed by atoms with Crippen LogP contribution in [-0.4, -0.2) is 18.0 Å². The first kappa shape index (κ1) is 16.3. The average molecular weight is 303 g/mol. The van der Waals surface area contributed by atoms with Crippen LogP contribution in [0.15, 0.2) is 24.3 Å². The van der Waals surface area contributed by atoms with Crippen molar-refractivity contribution in [3.63, 3.8) is 0 Å². The topological polar surface area (TPSA) is 55.1 Å². The van der Waals surface area contributed by atoms with Gasteiger partial charge in [-0.2, -0.15) is 0 Å². The van der Waals surface area contributed by atoms with Gasteiger partial charge in [0.05, 0.1) is 6.42 Å². The van der Waals surface area contributed by atoms with Crippen LogP contribution in [0.5, 0.6) is 0 Å². The Morgan fingerprint density at radius 3 is 2.53 bits per heavy atom. The molecule has 0 aromatic heterocycles. The summed E-state index contributed by atoms with van der Waals surface area (Å²) in [5.74, 6) is 0.0450. The molecule has 1 aromatic rings. The summed E-state index contributed by atoms with van der Waals surface area (Å²) in [6, 6.07) is 8.05. The molecule has 1 saturated carbocycles.